The van der Waals surface area contributed by atoms with Gasteiger partial charge in [0.2, 0.25) is 5.16 Å². The summed E-state index contributed by atoms with van der Waals surface area (Å²) in [5.74, 6) is 0.858. The molecule has 1 atom stereocenters. The van der Waals surface area contributed by atoms with E-state index < -0.39 is 0 Å². The Balaban J connectivity index is 2.15. The molecule has 0 bridgehead atoms. The van der Waals surface area contributed by atoms with Crippen molar-refractivity contribution < 1.29 is 4.74 Å². The number of aromatic amines is 1. The Morgan fingerprint density at radius 1 is 1.60 bits per heavy atom. The summed E-state index contributed by atoms with van der Waals surface area (Å²) in [4.78, 5) is 4.24. The summed E-state index contributed by atoms with van der Waals surface area (Å²) in [7, 11) is 1.70. The molecule has 0 aliphatic rings. The highest BCUT2D eigenvalue weighted by Crippen LogP contribution is 2.17. The van der Waals surface area contributed by atoms with Crippen LogP contribution in [0.2, 0.25) is 0 Å². The van der Waals surface area contributed by atoms with Crippen molar-refractivity contribution in [3.05, 3.63) is 5.82 Å². The van der Waals surface area contributed by atoms with Crippen molar-refractivity contribution in [1.29, 1.82) is 0 Å². The molecule has 1 unspecified atom stereocenters. The quantitative estimate of drug-likeness (QED) is 0.536. The normalized spacial score (nSPS) is 13.0. The minimum atomic E-state index is 0.456. The van der Waals surface area contributed by atoms with Crippen LogP contribution in [0.1, 0.15) is 12.7 Å². The number of hydrogen-bond donors (Lipinski definition) is 2. The molecule has 1 aromatic heterocycles. The topological polar surface area (TPSA) is 62.8 Å². The molecule has 0 aliphatic carbocycles. The molecule has 0 saturated heterocycles. The van der Waals surface area contributed by atoms with Gasteiger partial charge >= 0.3 is 0 Å². The molecule has 0 radical (unpaired) electrons. The van der Waals surface area contributed by atoms with Crippen LogP contribution in [-0.4, -0.2) is 47.2 Å². The van der Waals surface area contributed by atoms with Gasteiger partial charge in [-0.3, -0.25) is 5.10 Å². The summed E-state index contributed by atoms with van der Waals surface area (Å²) in [6, 6.07) is 0. The van der Waals surface area contributed by atoms with E-state index in [1.54, 1.807) is 18.9 Å². The number of H-pyrrole nitrogens is 1. The van der Waals surface area contributed by atoms with E-state index in [0.717, 1.165) is 30.7 Å². The predicted octanol–water partition coefficient (Wildman–Crippen LogP) is 0.830. The number of aromatic nitrogens is 3. The van der Waals surface area contributed by atoms with Crippen LogP contribution < -0.4 is 5.32 Å². The zero-order valence-electron chi connectivity index (χ0n) is 9.41. The minimum Gasteiger partial charge on any atom is -0.383 e. The van der Waals surface area contributed by atoms with Crippen LogP contribution in [0.15, 0.2) is 5.16 Å². The number of thioether (sulfide) groups is 1. The van der Waals surface area contributed by atoms with Crippen LogP contribution in [-0.2, 0) is 4.74 Å². The Bertz CT molecular complexity index is 279. The number of hydrogen-bond acceptors (Lipinski definition) is 5. The highest BCUT2D eigenvalue weighted by atomic mass is 32.2. The fourth-order valence-corrected chi connectivity index (χ4v) is 1.93. The zero-order chi connectivity index (χ0) is 11.1. The van der Waals surface area contributed by atoms with Gasteiger partial charge in [-0.2, -0.15) is 0 Å². The fraction of sp³-hybridized carbons (Fsp3) is 0.778. The smallest absolute Gasteiger partial charge is 0.208 e. The second-order valence-electron chi connectivity index (χ2n) is 3.33. The zero-order valence-corrected chi connectivity index (χ0v) is 10.2. The van der Waals surface area contributed by atoms with Gasteiger partial charge in [0.05, 0.1) is 6.61 Å². The summed E-state index contributed by atoms with van der Waals surface area (Å²) in [5, 5.41) is 11.5. The maximum Gasteiger partial charge on any atom is 0.208 e. The first kappa shape index (κ1) is 12.5. The minimum absolute atomic E-state index is 0.456. The first-order valence-corrected chi connectivity index (χ1v) is 5.85. The van der Waals surface area contributed by atoms with Crippen LogP contribution in [0.25, 0.3) is 0 Å². The average Bonchev–Trinajstić information content (AvgIpc) is 2.59. The van der Waals surface area contributed by atoms with E-state index in [2.05, 4.69) is 27.4 Å². The summed E-state index contributed by atoms with van der Waals surface area (Å²) in [5.41, 5.74) is 0. The molecule has 5 nitrogen and oxygen atoms in total. The summed E-state index contributed by atoms with van der Waals surface area (Å²) in [6.07, 6.45) is 0. The van der Waals surface area contributed by atoms with Gasteiger partial charge in [0.15, 0.2) is 0 Å². The lowest BCUT2D eigenvalue weighted by Crippen LogP contribution is -2.26. The van der Waals surface area contributed by atoms with Crippen molar-refractivity contribution in [2.24, 2.45) is 0 Å². The fourth-order valence-electron chi connectivity index (χ4n) is 1.08. The van der Waals surface area contributed by atoms with Crippen molar-refractivity contribution in [3.8, 4) is 0 Å². The summed E-state index contributed by atoms with van der Waals surface area (Å²) in [6.45, 7) is 6.61. The summed E-state index contributed by atoms with van der Waals surface area (Å²) < 4.78 is 4.95. The lowest BCUT2D eigenvalue weighted by molar-refractivity contribution is 0.199. The largest absolute Gasteiger partial charge is 0.383 e. The lowest BCUT2D eigenvalue weighted by atomic mass is 10.4. The van der Waals surface area contributed by atoms with E-state index in [4.69, 9.17) is 4.74 Å². The molecule has 0 amide bonds. The number of ether oxygens (including phenoxy) is 1. The second-order valence-corrected chi connectivity index (χ2v) is 4.73. The molecule has 0 aromatic carbocycles. The first-order valence-electron chi connectivity index (χ1n) is 4.97. The Kier molecular flexibility index (Phi) is 5.67. The number of nitrogens with zero attached hydrogens (tertiary/aromatic N) is 2. The molecular formula is C9H18N4OS. The number of methoxy groups -OCH3 is 1. The maximum absolute atomic E-state index is 4.95. The molecule has 2 N–H and O–H groups in total. The monoisotopic (exact) mass is 230 g/mol. The Morgan fingerprint density at radius 2 is 2.40 bits per heavy atom. The van der Waals surface area contributed by atoms with E-state index in [1.165, 1.54) is 0 Å². The van der Waals surface area contributed by atoms with Crippen LogP contribution in [0.4, 0.5) is 0 Å². The number of nitrogens with one attached hydrogen (secondary N) is 2. The van der Waals surface area contributed by atoms with E-state index in [-0.39, 0.29) is 0 Å². The predicted molar refractivity (Wildman–Crippen MR) is 61.2 cm³/mol. The van der Waals surface area contributed by atoms with Gasteiger partial charge in [0.25, 0.3) is 0 Å². The highest BCUT2D eigenvalue weighted by Gasteiger charge is 2.07. The third kappa shape index (κ3) is 5.15. The number of aryl methyl sites for hydroxylation is 1. The molecule has 0 aliphatic heterocycles. The molecule has 1 heterocycles. The van der Waals surface area contributed by atoms with Crippen molar-refractivity contribution in [1.82, 2.24) is 20.5 Å². The van der Waals surface area contributed by atoms with Gasteiger partial charge in [-0.15, -0.1) is 5.10 Å². The van der Waals surface area contributed by atoms with Gasteiger partial charge in [-0.25, -0.2) is 4.98 Å². The maximum atomic E-state index is 4.95. The van der Waals surface area contributed by atoms with Gasteiger partial charge in [0.1, 0.15) is 5.82 Å². The van der Waals surface area contributed by atoms with Gasteiger partial charge in [-0.05, 0) is 6.92 Å². The first-order chi connectivity index (χ1) is 7.22. The molecule has 0 saturated carbocycles. The third-order valence-electron chi connectivity index (χ3n) is 1.80. The average molecular weight is 230 g/mol. The molecule has 1 rings (SSSR count). The van der Waals surface area contributed by atoms with Crippen molar-refractivity contribution in [2.45, 2.75) is 24.3 Å². The van der Waals surface area contributed by atoms with Gasteiger partial charge < -0.3 is 10.1 Å². The van der Waals surface area contributed by atoms with Crippen molar-refractivity contribution in [2.75, 3.05) is 26.8 Å². The van der Waals surface area contributed by atoms with E-state index in [9.17, 15) is 0 Å². The van der Waals surface area contributed by atoms with Gasteiger partial charge in [-0.1, -0.05) is 18.7 Å². The molecule has 1 aromatic rings. The van der Waals surface area contributed by atoms with Crippen LogP contribution in [0.5, 0.6) is 0 Å². The molecule has 0 spiro atoms. The second kappa shape index (κ2) is 6.81. The third-order valence-corrected chi connectivity index (χ3v) is 2.76. The van der Waals surface area contributed by atoms with E-state index in [0.29, 0.717) is 5.25 Å². The lowest BCUT2D eigenvalue weighted by Gasteiger charge is -2.09. The standard InChI is InChI=1S/C9H18N4OS/c1-7(6-10-4-5-14-3)15-9-11-8(2)12-13-9/h7,10H,4-6H2,1-3H3,(H,11,12,13). The Morgan fingerprint density at radius 3 is 3.00 bits per heavy atom. The molecular weight excluding hydrogens is 212 g/mol. The van der Waals surface area contributed by atoms with Crippen LogP contribution >= 0.6 is 11.8 Å². The molecule has 6 heteroatoms. The van der Waals surface area contributed by atoms with E-state index >= 15 is 0 Å². The Hall–Kier alpha value is -0.590. The number of rotatable bonds is 7. The van der Waals surface area contributed by atoms with Crippen molar-refractivity contribution >= 4 is 11.8 Å². The van der Waals surface area contributed by atoms with Crippen LogP contribution in [0.3, 0.4) is 0 Å². The summed E-state index contributed by atoms with van der Waals surface area (Å²) >= 11 is 1.67. The Labute approximate surface area is 94.4 Å². The molecule has 15 heavy (non-hydrogen) atoms. The molecule has 0 fully saturated rings. The van der Waals surface area contributed by atoms with E-state index in [1.807, 2.05) is 6.92 Å². The SMILES string of the molecule is COCCNCC(C)Sc1n[nH]c(C)n1. The molecule has 86 valence electrons. The van der Waals surface area contributed by atoms with Crippen LogP contribution in [0, 0.1) is 6.92 Å². The van der Waals surface area contributed by atoms with Gasteiger partial charge in [0, 0.05) is 25.4 Å². The highest BCUT2D eigenvalue weighted by molar-refractivity contribution is 7.99. The van der Waals surface area contributed by atoms with Crippen molar-refractivity contribution in [3.63, 3.8) is 0 Å².